The van der Waals surface area contributed by atoms with E-state index in [0.29, 0.717) is 27.8 Å². The second kappa shape index (κ2) is 6.14. The van der Waals surface area contributed by atoms with Crippen molar-refractivity contribution in [1.82, 2.24) is 14.8 Å². The summed E-state index contributed by atoms with van der Waals surface area (Å²) in [4.78, 5) is 4.65. The zero-order valence-corrected chi connectivity index (χ0v) is 12.9. The number of aromatic nitrogens is 3. The molecule has 0 aliphatic rings. The molecule has 2 aromatic heterocycles. The third-order valence-corrected chi connectivity index (χ3v) is 4.05. The molecular weight excluding hydrogens is 320 g/mol. The molecule has 0 fully saturated rings. The maximum Gasteiger partial charge on any atom is 0.190 e. The Kier molecular flexibility index (Phi) is 4.04. The minimum Gasteiger partial charge on any atom is -0.316 e. The largest absolute Gasteiger partial charge is 0.316 e. The van der Waals surface area contributed by atoms with E-state index in [1.165, 1.54) is 6.07 Å². The average Bonchev–Trinajstić information content (AvgIpc) is 3.16. The SMILES string of the molecule is CCn1nccc1Nc1nc(-c2ccc(F)c(F)c2)c(C#N)s1. The average molecular weight is 331 g/mol. The van der Waals surface area contributed by atoms with Gasteiger partial charge in [0, 0.05) is 18.2 Å². The number of rotatable bonds is 4. The predicted molar refractivity (Wildman–Crippen MR) is 83.4 cm³/mol. The molecule has 5 nitrogen and oxygen atoms in total. The van der Waals surface area contributed by atoms with E-state index in [9.17, 15) is 14.0 Å². The van der Waals surface area contributed by atoms with Gasteiger partial charge in [-0.2, -0.15) is 10.4 Å². The predicted octanol–water partition coefficient (Wildman–Crippen LogP) is 3.92. The molecule has 3 rings (SSSR count). The van der Waals surface area contributed by atoms with Crippen LogP contribution in [0.2, 0.25) is 0 Å². The van der Waals surface area contributed by atoms with Crippen LogP contribution in [0.5, 0.6) is 0 Å². The zero-order chi connectivity index (χ0) is 16.4. The maximum atomic E-state index is 13.4. The molecule has 0 saturated carbocycles. The highest BCUT2D eigenvalue weighted by molar-refractivity contribution is 7.16. The molecule has 3 aromatic rings. The van der Waals surface area contributed by atoms with Crippen LogP contribution in [0.1, 0.15) is 11.8 Å². The maximum absolute atomic E-state index is 13.4. The highest BCUT2D eigenvalue weighted by atomic mass is 32.1. The first-order valence-corrected chi connectivity index (χ1v) is 7.59. The molecule has 0 saturated heterocycles. The fourth-order valence-corrected chi connectivity index (χ4v) is 2.88. The molecule has 0 bridgehead atoms. The molecule has 0 unspecified atom stereocenters. The molecule has 0 spiro atoms. The summed E-state index contributed by atoms with van der Waals surface area (Å²) in [6.45, 7) is 2.63. The molecular formula is C15H11F2N5S. The molecule has 0 aliphatic carbocycles. The normalized spacial score (nSPS) is 10.5. The summed E-state index contributed by atoms with van der Waals surface area (Å²) < 4.78 is 28.2. The molecule has 1 aromatic carbocycles. The lowest BCUT2D eigenvalue weighted by Crippen LogP contribution is -2.02. The number of nitrogens with one attached hydrogen (secondary N) is 1. The lowest BCUT2D eigenvalue weighted by Gasteiger charge is -2.04. The number of halogens is 2. The van der Waals surface area contributed by atoms with Crippen LogP contribution >= 0.6 is 11.3 Å². The summed E-state index contributed by atoms with van der Waals surface area (Å²) in [6, 6.07) is 7.27. The second-order valence-corrected chi connectivity index (χ2v) is 5.59. The van der Waals surface area contributed by atoms with Crippen molar-refractivity contribution in [1.29, 1.82) is 5.26 Å². The summed E-state index contributed by atoms with van der Waals surface area (Å²) in [6.07, 6.45) is 1.65. The minimum atomic E-state index is -0.974. The monoisotopic (exact) mass is 331 g/mol. The van der Waals surface area contributed by atoms with E-state index in [1.54, 1.807) is 16.9 Å². The van der Waals surface area contributed by atoms with Crippen LogP contribution in [0.25, 0.3) is 11.3 Å². The van der Waals surface area contributed by atoms with Gasteiger partial charge in [0.05, 0.1) is 6.20 Å². The summed E-state index contributed by atoms with van der Waals surface area (Å²) >= 11 is 1.14. The van der Waals surface area contributed by atoms with Crippen molar-refractivity contribution in [3.8, 4) is 17.3 Å². The van der Waals surface area contributed by atoms with Gasteiger partial charge in [0.25, 0.3) is 0 Å². The number of anilines is 2. The van der Waals surface area contributed by atoms with Crippen molar-refractivity contribution in [3.63, 3.8) is 0 Å². The number of aryl methyl sites for hydroxylation is 1. The minimum absolute atomic E-state index is 0.320. The Morgan fingerprint density at radius 2 is 2.13 bits per heavy atom. The van der Waals surface area contributed by atoms with Crippen LogP contribution in [0.3, 0.4) is 0 Å². The van der Waals surface area contributed by atoms with E-state index in [2.05, 4.69) is 15.4 Å². The third-order valence-electron chi connectivity index (χ3n) is 3.17. The number of thiazole rings is 1. The van der Waals surface area contributed by atoms with Gasteiger partial charge in [-0.15, -0.1) is 0 Å². The highest BCUT2D eigenvalue weighted by Crippen LogP contribution is 2.32. The molecule has 0 radical (unpaired) electrons. The standard InChI is InChI=1S/C15H11F2N5S/c1-2-22-13(5-6-19-22)20-15-21-14(12(8-18)23-15)9-3-4-10(16)11(17)7-9/h3-7H,2H2,1H3,(H,20,21). The van der Waals surface area contributed by atoms with Gasteiger partial charge >= 0.3 is 0 Å². The molecule has 116 valence electrons. The van der Waals surface area contributed by atoms with Gasteiger partial charge in [0.15, 0.2) is 16.8 Å². The van der Waals surface area contributed by atoms with E-state index in [4.69, 9.17) is 0 Å². The number of nitrogens with zero attached hydrogens (tertiary/aromatic N) is 4. The first kappa shape index (κ1) is 15.1. The van der Waals surface area contributed by atoms with E-state index in [-0.39, 0.29) is 0 Å². The molecule has 1 N–H and O–H groups in total. The Hall–Kier alpha value is -2.79. The lowest BCUT2D eigenvalue weighted by atomic mass is 10.1. The molecule has 8 heteroatoms. The summed E-state index contributed by atoms with van der Waals surface area (Å²) in [5.74, 6) is -1.17. The number of hydrogen-bond acceptors (Lipinski definition) is 5. The van der Waals surface area contributed by atoms with Gasteiger partial charge in [0.2, 0.25) is 0 Å². The molecule has 0 aliphatic heterocycles. The van der Waals surface area contributed by atoms with Crippen molar-refractivity contribution in [2.24, 2.45) is 0 Å². The molecule has 0 amide bonds. The van der Waals surface area contributed by atoms with Gasteiger partial charge in [0.1, 0.15) is 22.5 Å². The van der Waals surface area contributed by atoms with Crippen molar-refractivity contribution >= 4 is 22.3 Å². The van der Waals surface area contributed by atoms with Crippen molar-refractivity contribution in [3.05, 3.63) is 47.0 Å². The van der Waals surface area contributed by atoms with Crippen molar-refractivity contribution < 1.29 is 8.78 Å². The number of hydrogen-bond donors (Lipinski definition) is 1. The Balaban J connectivity index is 1.98. The van der Waals surface area contributed by atoms with Gasteiger partial charge in [-0.05, 0) is 25.1 Å². The zero-order valence-electron chi connectivity index (χ0n) is 12.0. The molecule has 0 atom stereocenters. The van der Waals surface area contributed by atoms with E-state index < -0.39 is 11.6 Å². The summed E-state index contributed by atoms with van der Waals surface area (Å²) in [5.41, 5.74) is 0.676. The van der Waals surface area contributed by atoms with E-state index in [0.717, 1.165) is 29.3 Å². The van der Waals surface area contributed by atoms with Crippen molar-refractivity contribution in [2.75, 3.05) is 5.32 Å². The molecule has 2 heterocycles. The van der Waals surface area contributed by atoms with Gasteiger partial charge in [-0.1, -0.05) is 11.3 Å². The van der Waals surface area contributed by atoms with Crippen molar-refractivity contribution in [2.45, 2.75) is 13.5 Å². The van der Waals surface area contributed by atoms with Crippen LogP contribution in [-0.4, -0.2) is 14.8 Å². The number of benzene rings is 1. The fraction of sp³-hybridized carbons (Fsp3) is 0.133. The Labute approximate surface area is 134 Å². The van der Waals surface area contributed by atoms with Gasteiger partial charge < -0.3 is 5.32 Å². The first-order chi connectivity index (χ1) is 11.1. The Bertz CT molecular complexity index is 894. The lowest BCUT2D eigenvalue weighted by molar-refractivity contribution is 0.509. The smallest absolute Gasteiger partial charge is 0.190 e. The number of nitriles is 1. The Morgan fingerprint density at radius 1 is 1.30 bits per heavy atom. The quantitative estimate of drug-likeness (QED) is 0.787. The van der Waals surface area contributed by atoms with Gasteiger partial charge in [-0.3, -0.25) is 0 Å². The first-order valence-electron chi connectivity index (χ1n) is 6.77. The van der Waals surface area contributed by atoms with E-state index in [1.807, 2.05) is 13.0 Å². The van der Waals surface area contributed by atoms with Crippen LogP contribution in [0.15, 0.2) is 30.5 Å². The van der Waals surface area contributed by atoms with Crippen LogP contribution < -0.4 is 5.32 Å². The second-order valence-electron chi connectivity index (χ2n) is 4.59. The van der Waals surface area contributed by atoms with Gasteiger partial charge in [-0.25, -0.2) is 18.4 Å². The fourth-order valence-electron chi connectivity index (χ4n) is 2.09. The summed E-state index contributed by atoms with van der Waals surface area (Å²) in [5, 5.41) is 17.0. The molecule has 23 heavy (non-hydrogen) atoms. The van der Waals surface area contributed by atoms with Crippen LogP contribution in [0, 0.1) is 23.0 Å². The summed E-state index contributed by atoms with van der Waals surface area (Å²) in [7, 11) is 0. The van der Waals surface area contributed by atoms with Crippen LogP contribution in [0.4, 0.5) is 19.7 Å². The van der Waals surface area contributed by atoms with Crippen LogP contribution in [-0.2, 0) is 6.54 Å². The van der Waals surface area contributed by atoms with E-state index >= 15 is 0 Å². The topological polar surface area (TPSA) is 66.5 Å². The highest BCUT2D eigenvalue weighted by Gasteiger charge is 2.15. The Morgan fingerprint density at radius 3 is 2.83 bits per heavy atom. The third kappa shape index (κ3) is 2.91.